The fourth-order valence-electron chi connectivity index (χ4n) is 1.94. The summed E-state index contributed by atoms with van der Waals surface area (Å²) in [5.74, 6) is -1.23. The number of halogens is 3. The van der Waals surface area contributed by atoms with E-state index < -0.39 is 17.6 Å². The van der Waals surface area contributed by atoms with Crippen LogP contribution in [0.3, 0.4) is 0 Å². The van der Waals surface area contributed by atoms with Crippen LogP contribution >= 0.6 is 23.2 Å². The van der Waals surface area contributed by atoms with Gasteiger partial charge in [-0.2, -0.15) is 0 Å². The Labute approximate surface area is 136 Å². The van der Waals surface area contributed by atoms with Crippen LogP contribution in [0, 0.1) is 5.82 Å². The maximum Gasteiger partial charge on any atom is 0.199 e. The maximum atomic E-state index is 14.6. The Morgan fingerprint density at radius 1 is 1.38 bits per heavy atom. The van der Waals surface area contributed by atoms with Crippen molar-refractivity contribution >= 4 is 29.0 Å². The quantitative estimate of drug-likeness (QED) is 0.639. The molecule has 0 fully saturated rings. The number of hydrogen-bond donors (Lipinski definition) is 1. The molecule has 0 amide bonds. The van der Waals surface area contributed by atoms with Crippen LogP contribution in [0.1, 0.15) is 45.2 Å². The van der Waals surface area contributed by atoms with Crippen molar-refractivity contribution < 1.29 is 13.5 Å². The summed E-state index contributed by atoms with van der Waals surface area (Å²) in [5.41, 5.74) is 6.14. The molecule has 0 aliphatic heterocycles. The number of nitrogens with zero attached hydrogens (tertiary/aromatic N) is 1. The minimum Gasteiger partial charge on any atom is -0.324 e. The summed E-state index contributed by atoms with van der Waals surface area (Å²) in [6.07, 6.45) is 1.83. The second-order valence-corrected chi connectivity index (χ2v) is 5.33. The lowest BCUT2D eigenvalue weighted by atomic mass is 9.97. The van der Waals surface area contributed by atoms with Gasteiger partial charge in [0.1, 0.15) is 11.0 Å². The second-order valence-electron chi connectivity index (χ2n) is 4.54. The lowest BCUT2D eigenvalue weighted by molar-refractivity contribution is 0.103. The second kappa shape index (κ2) is 6.52. The number of benzene rings is 1. The van der Waals surface area contributed by atoms with Crippen LogP contribution in [-0.2, 0) is 0 Å². The van der Waals surface area contributed by atoms with Crippen LogP contribution in [0.25, 0.3) is 0 Å². The zero-order valence-electron chi connectivity index (χ0n) is 11.2. The van der Waals surface area contributed by atoms with Crippen molar-refractivity contribution in [1.82, 2.24) is 4.98 Å². The van der Waals surface area contributed by atoms with Gasteiger partial charge in [-0.25, -0.2) is 9.37 Å². The highest BCUT2D eigenvalue weighted by Crippen LogP contribution is 2.28. The first-order chi connectivity index (χ1) is 9.95. The Kier molecular flexibility index (Phi) is 4.93. The largest absolute Gasteiger partial charge is 0.324 e. The number of pyridine rings is 1. The van der Waals surface area contributed by atoms with Gasteiger partial charge in [0, 0.05) is 27.6 Å². The Hall–Kier alpha value is -1.49. The summed E-state index contributed by atoms with van der Waals surface area (Å²) >= 11 is 11.6. The molecule has 3 nitrogen and oxygen atoms in total. The van der Waals surface area contributed by atoms with Crippen molar-refractivity contribution in [1.29, 1.82) is 0 Å². The SMILES string of the molecule is CC[C@@H](N)c1ccc(Cl)c(C(=O)c2ccc(Cl)nc2)c1F.[HH].[HH].[HH]. The third-order valence-corrected chi connectivity index (χ3v) is 3.72. The van der Waals surface area contributed by atoms with E-state index >= 15 is 0 Å². The van der Waals surface area contributed by atoms with Crippen molar-refractivity contribution in [3.05, 3.63) is 63.1 Å². The van der Waals surface area contributed by atoms with E-state index in [9.17, 15) is 9.18 Å². The first-order valence-corrected chi connectivity index (χ1v) is 7.11. The van der Waals surface area contributed by atoms with E-state index in [1.807, 2.05) is 6.92 Å². The van der Waals surface area contributed by atoms with Gasteiger partial charge in [0.25, 0.3) is 0 Å². The normalized spacial score (nSPS) is 12.2. The zero-order valence-corrected chi connectivity index (χ0v) is 12.7. The van der Waals surface area contributed by atoms with E-state index in [1.54, 1.807) is 0 Å². The van der Waals surface area contributed by atoms with Crippen LogP contribution in [0.15, 0.2) is 30.5 Å². The minimum atomic E-state index is -0.684. The van der Waals surface area contributed by atoms with Gasteiger partial charge < -0.3 is 5.73 Å². The minimum absolute atomic E-state index is 0. The predicted octanol–water partition coefficient (Wildman–Crippen LogP) is 4.91. The molecule has 1 atom stereocenters. The van der Waals surface area contributed by atoms with E-state index in [-0.39, 0.29) is 31.1 Å². The van der Waals surface area contributed by atoms with Gasteiger partial charge in [-0.1, -0.05) is 36.2 Å². The molecule has 0 bridgehead atoms. The van der Waals surface area contributed by atoms with Crippen LogP contribution in [0.5, 0.6) is 0 Å². The zero-order chi connectivity index (χ0) is 15.6. The number of aromatic nitrogens is 1. The average molecular weight is 333 g/mol. The van der Waals surface area contributed by atoms with Crippen LogP contribution in [-0.4, -0.2) is 10.8 Å². The Morgan fingerprint density at radius 2 is 2.10 bits per heavy atom. The molecule has 0 spiro atoms. The summed E-state index contributed by atoms with van der Waals surface area (Å²) in [5, 5.41) is 0.291. The predicted molar refractivity (Wildman–Crippen MR) is 87.7 cm³/mol. The molecule has 6 heteroatoms. The fraction of sp³-hybridized carbons (Fsp3) is 0.200. The highest BCUT2D eigenvalue weighted by Gasteiger charge is 2.22. The summed E-state index contributed by atoms with van der Waals surface area (Å²) < 4.78 is 14.6. The first-order valence-electron chi connectivity index (χ1n) is 6.35. The van der Waals surface area contributed by atoms with Gasteiger partial charge in [-0.05, 0) is 24.6 Å². The first kappa shape index (κ1) is 15.9. The maximum absolute atomic E-state index is 14.6. The Morgan fingerprint density at radius 3 is 2.67 bits per heavy atom. The van der Waals surface area contributed by atoms with Crippen LogP contribution in [0.2, 0.25) is 10.2 Å². The summed E-state index contributed by atoms with van der Waals surface area (Å²) in [7, 11) is 0. The van der Waals surface area contributed by atoms with Gasteiger partial charge in [0.05, 0.1) is 10.6 Å². The Balaban J connectivity index is 0. The molecule has 0 saturated carbocycles. The monoisotopic (exact) mass is 332 g/mol. The number of hydrogen-bond acceptors (Lipinski definition) is 3. The van der Waals surface area contributed by atoms with E-state index in [4.69, 9.17) is 28.9 Å². The van der Waals surface area contributed by atoms with Gasteiger partial charge in [0.15, 0.2) is 5.78 Å². The molecular formula is C15H19Cl2FN2O. The van der Waals surface area contributed by atoms with Gasteiger partial charge in [-0.3, -0.25) is 4.79 Å². The van der Waals surface area contributed by atoms with Crippen molar-refractivity contribution in [2.24, 2.45) is 5.73 Å². The average Bonchev–Trinajstić information content (AvgIpc) is 2.47. The number of nitrogens with two attached hydrogens (primary N) is 1. The molecule has 2 aromatic rings. The third kappa shape index (κ3) is 3.23. The molecule has 2 rings (SSSR count). The van der Waals surface area contributed by atoms with E-state index in [0.29, 0.717) is 6.42 Å². The molecule has 1 aromatic carbocycles. The van der Waals surface area contributed by atoms with Crippen molar-refractivity contribution in [2.45, 2.75) is 19.4 Å². The van der Waals surface area contributed by atoms with Gasteiger partial charge >= 0.3 is 0 Å². The Bertz CT molecular complexity index is 687. The lowest BCUT2D eigenvalue weighted by Gasteiger charge is -2.14. The molecule has 0 radical (unpaired) electrons. The topological polar surface area (TPSA) is 56.0 Å². The molecule has 1 heterocycles. The molecule has 0 aliphatic carbocycles. The van der Waals surface area contributed by atoms with E-state index in [2.05, 4.69) is 4.98 Å². The highest BCUT2D eigenvalue weighted by molar-refractivity contribution is 6.35. The molecule has 0 unspecified atom stereocenters. The molecular weight excluding hydrogens is 314 g/mol. The molecule has 116 valence electrons. The fourth-order valence-corrected chi connectivity index (χ4v) is 2.28. The van der Waals surface area contributed by atoms with Crippen molar-refractivity contribution in [2.75, 3.05) is 0 Å². The van der Waals surface area contributed by atoms with E-state index in [1.165, 1.54) is 30.5 Å². The number of carbonyl (C=O) groups excluding carboxylic acids is 1. The summed E-state index contributed by atoms with van der Waals surface area (Å²) in [6, 6.07) is 5.42. The smallest absolute Gasteiger partial charge is 0.199 e. The summed E-state index contributed by atoms with van der Waals surface area (Å²) in [6.45, 7) is 1.84. The number of ketones is 1. The standard InChI is InChI=1S/C15H13Cl2FN2O.3H2/c1-2-11(19)9-4-5-10(16)13(14(9)18)15(21)8-3-6-12(17)20-7-8;;;/h3-7,11H,2,19H2,1H3;3*1H/t11-;;;/m1.../s1. The molecule has 21 heavy (non-hydrogen) atoms. The number of rotatable bonds is 4. The van der Waals surface area contributed by atoms with Crippen LogP contribution in [0.4, 0.5) is 4.39 Å². The molecule has 0 saturated heterocycles. The molecule has 1 aromatic heterocycles. The highest BCUT2D eigenvalue weighted by atomic mass is 35.5. The van der Waals surface area contributed by atoms with Gasteiger partial charge in [-0.15, -0.1) is 0 Å². The van der Waals surface area contributed by atoms with Crippen LogP contribution < -0.4 is 5.73 Å². The summed E-state index contributed by atoms with van der Waals surface area (Å²) in [4.78, 5) is 16.2. The lowest BCUT2D eigenvalue weighted by Crippen LogP contribution is -2.14. The van der Waals surface area contributed by atoms with Crippen molar-refractivity contribution in [3.63, 3.8) is 0 Å². The molecule has 0 aliphatic rings. The third-order valence-electron chi connectivity index (χ3n) is 3.18. The number of carbonyl (C=O) groups is 1. The molecule has 2 N–H and O–H groups in total. The van der Waals surface area contributed by atoms with E-state index in [0.717, 1.165) is 0 Å². The van der Waals surface area contributed by atoms with Gasteiger partial charge in [0.2, 0.25) is 0 Å². The van der Waals surface area contributed by atoms with Crippen molar-refractivity contribution in [3.8, 4) is 0 Å².